The molecule has 0 aromatic heterocycles. The van der Waals surface area contributed by atoms with Crippen molar-refractivity contribution < 1.29 is 8.78 Å². The zero-order chi connectivity index (χ0) is 26.3. The molecule has 0 nitrogen and oxygen atoms in total. The van der Waals surface area contributed by atoms with Crippen LogP contribution in [0.2, 0.25) is 0 Å². The maximum atomic E-state index is 15.1. The lowest BCUT2D eigenvalue weighted by molar-refractivity contribution is 0.373. The Morgan fingerprint density at radius 2 is 1.05 bits per heavy atom. The molecule has 1 atom stereocenters. The van der Waals surface area contributed by atoms with E-state index in [4.69, 9.17) is 0 Å². The molecule has 2 heteroatoms. The second-order valence-electron chi connectivity index (χ2n) is 10.7. The second kappa shape index (κ2) is 16.4. The second-order valence-corrected chi connectivity index (χ2v) is 10.7. The topological polar surface area (TPSA) is 0 Å². The zero-order valence-corrected chi connectivity index (χ0v) is 23.1. The molecule has 0 amide bonds. The molecule has 0 aliphatic rings. The van der Waals surface area contributed by atoms with Gasteiger partial charge in [-0.15, -0.1) is 0 Å². The van der Waals surface area contributed by atoms with E-state index in [2.05, 4.69) is 13.8 Å². The summed E-state index contributed by atoms with van der Waals surface area (Å²) in [6.07, 6.45) is 17.0. The predicted octanol–water partition coefficient (Wildman–Crippen LogP) is 11.6. The van der Waals surface area contributed by atoms with E-state index >= 15 is 8.78 Å². The highest BCUT2D eigenvalue weighted by atomic mass is 19.2. The van der Waals surface area contributed by atoms with Gasteiger partial charge in [0.05, 0.1) is 0 Å². The molecule has 0 fully saturated rings. The van der Waals surface area contributed by atoms with Crippen LogP contribution < -0.4 is 0 Å². The molecule has 3 aromatic rings. The highest BCUT2D eigenvalue weighted by Gasteiger charge is 2.16. The van der Waals surface area contributed by atoms with Gasteiger partial charge in [0.2, 0.25) is 0 Å². The minimum Gasteiger partial charge on any atom is -0.203 e. The van der Waals surface area contributed by atoms with Crippen LogP contribution in [0.5, 0.6) is 0 Å². The smallest absolute Gasteiger partial charge is 0.166 e. The van der Waals surface area contributed by atoms with Crippen LogP contribution >= 0.6 is 0 Å². The highest BCUT2D eigenvalue weighted by molar-refractivity contribution is 5.71. The molecule has 0 N–H and O–H groups in total. The number of hydrogen-bond acceptors (Lipinski definition) is 0. The van der Waals surface area contributed by atoms with Gasteiger partial charge < -0.3 is 0 Å². The van der Waals surface area contributed by atoms with Gasteiger partial charge >= 0.3 is 0 Å². The van der Waals surface area contributed by atoms with Crippen LogP contribution in [0, 0.1) is 17.6 Å². The van der Waals surface area contributed by atoms with Crippen LogP contribution in [-0.4, -0.2) is 0 Å². The van der Waals surface area contributed by atoms with E-state index in [1.54, 1.807) is 12.1 Å². The third-order valence-corrected chi connectivity index (χ3v) is 7.71. The summed E-state index contributed by atoms with van der Waals surface area (Å²) in [6.45, 7) is 4.51. The monoisotopic (exact) mass is 504 g/mol. The summed E-state index contributed by atoms with van der Waals surface area (Å²) in [7, 11) is 0. The SMILES string of the molecule is CCCCCCCCC(CCCCC)CCCc1ccc(-c2ccc(-c3ccccc3)cc2)c(F)c1F. The molecule has 3 rings (SSSR count). The molecule has 3 aromatic carbocycles. The molecular formula is C35H46F2. The third-order valence-electron chi connectivity index (χ3n) is 7.71. The summed E-state index contributed by atoms with van der Waals surface area (Å²) in [4.78, 5) is 0. The average Bonchev–Trinajstić information content (AvgIpc) is 2.93. The first-order valence-electron chi connectivity index (χ1n) is 14.8. The summed E-state index contributed by atoms with van der Waals surface area (Å²) >= 11 is 0. The van der Waals surface area contributed by atoms with Crippen molar-refractivity contribution in [2.45, 2.75) is 104 Å². The average molecular weight is 505 g/mol. The van der Waals surface area contributed by atoms with Crippen molar-refractivity contribution in [3.63, 3.8) is 0 Å². The molecule has 200 valence electrons. The molecule has 37 heavy (non-hydrogen) atoms. The molecule has 0 aliphatic heterocycles. The number of halogens is 2. The number of hydrogen-bond donors (Lipinski definition) is 0. The van der Waals surface area contributed by atoms with E-state index in [9.17, 15) is 0 Å². The van der Waals surface area contributed by atoms with Crippen molar-refractivity contribution in [2.24, 2.45) is 5.92 Å². The Morgan fingerprint density at radius 3 is 1.76 bits per heavy atom. The van der Waals surface area contributed by atoms with Crippen LogP contribution in [0.25, 0.3) is 22.3 Å². The Balaban J connectivity index is 1.56. The van der Waals surface area contributed by atoms with Crippen molar-refractivity contribution >= 4 is 0 Å². The number of benzene rings is 3. The van der Waals surface area contributed by atoms with Crippen LogP contribution in [0.1, 0.15) is 103 Å². The van der Waals surface area contributed by atoms with Gasteiger partial charge in [-0.2, -0.15) is 0 Å². The zero-order valence-electron chi connectivity index (χ0n) is 23.1. The van der Waals surface area contributed by atoms with Gasteiger partial charge in [-0.3, -0.25) is 0 Å². The predicted molar refractivity (Wildman–Crippen MR) is 156 cm³/mol. The van der Waals surface area contributed by atoms with Crippen molar-refractivity contribution in [1.82, 2.24) is 0 Å². The Hall–Kier alpha value is -2.48. The van der Waals surface area contributed by atoms with Crippen LogP contribution in [0.15, 0.2) is 66.7 Å². The van der Waals surface area contributed by atoms with Crippen molar-refractivity contribution in [3.05, 3.63) is 83.9 Å². The number of rotatable bonds is 17. The largest absolute Gasteiger partial charge is 0.203 e. The Morgan fingerprint density at radius 1 is 0.514 bits per heavy atom. The van der Waals surface area contributed by atoms with Gasteiger partial charge in [0, 0.05) is 5.56 Å². The Labute approximate surface area is 224 Å². The Kier molecular flexibility index (Phi) is 12.9. The fraction of sp³-hybridized carbons (Fsp3) is 0.486. The normalized spacial score (nSPS) is 12.1. The molecule has 0 spiro atoms. The number of aryl methyl sites for hydroxylation is 1. The van der Waals surface area contributed by atoms with E-state index in [0.717, 1.165) is 24.0 Å². The van der Waals surface area contributed by atoms with Crippen molar-refractivity contribution in [2.75, 3.05) is 0 Å². The molecule has 0 bridgehead atoms. The lowest BCUT2D eigenvalue weighted by atomic mass is 9.89. The lowest BCUT2D eigenvalue weighted by Gasteiger charge is -2.17. The first-order chi connectivity index (χ1) is 18.1. The van der Waals surface area contributed by atoms with Crippen LogP contribution in [-0.2, 0) is 6.42 Å². The molecular weight excluding hydrogens is 458 g/mol. The summed E-state index contributed by atoms with van der Waals surface area (Å²) in [6, 6.07) is 21.3. The fourth-order valence-electron chi connectivity index (χ4n) is 5.39. The van der Waals surface area contributed by atoms with E-state index in [1.165, 1.54) is 70.6 Å². The van der Waals surface area contributed by atoms with Crippen molar-refractivity contribution in [1.29, 1.82) is 0 Å². The molecule has 0 heterocycles. The van der Waals surface area contributed by atoms with Gasteiger partial charge in [-0.25, -0.2) is 8.78 Å². The minimum absolute atomic E-state index is 0.335. The quantitative estimate of drug-likeness (QED) is 0.160. The summed E-state index contributed by atoms with van der Waals surface area (Å²) < 4.78 is 30.1. The van der Waals surface area contributed by atoms with Crippen LogP contribution in [0.3, 0.4) is 0 Å². The molecule has 0 saturated heterocycles. The summed E-state index contributed by atoms with van der Waals surface area (Å²) in [5.74, 6) is -0.687. The summed E-state index contributed by atoms with van der Waals surface area (Å²) in [5.41, 5.74) is 3.73. The van der Waals surface area contributed by atoms with Crippen LogP contribution in [0.4, 0.5) is 8.78 Å². The number of unbranched alkanes of at least 4 members (excludes halogenated alkanes) is 7. The van der Waals surface area contributed by atoms with E-state index in [1.807, 2.05) is 54.6 Å². The Bertz CT molecular complexity index is 1020. The maximum absolute atomic E-state index is 15.1. The van der Waals surface area contributed by atoms with Gasteiger partial charge in [-0.1, -0.05) is 158 Å². The highest BCUT2D eigenvalue weighted by Crippen LogP contribution is 2.30. The summed E-state index contributed by atoms with van der Waals surface area (Å²) in [5, 5.41) is 0. The standard InChI is InChI=1S/C35H46F2/c1-3-5-7-8-9-12-17-28(16-11-6-4-2)18-15-21-32-26-27-33(35(37)34(32)36)31-24-22-30(23-25-31)29-19-13-10-14-20-29/h10,13-14,19-20,22-28H,3-9,11-12,15-18,21H2,1-2H3. The van der Waals surface area contributed by atoms with Gasteiger partial charge in [-0.05, 0) is 41.0 Å². The third kappa shape index (κ3) is 9.40. The van der Waals surface area contributed by atoms with Gasteiger partial charge in [0.1, 0.15) is 0 Å². The molecule has 0 aliphatic carbocycles. The first-order valence-corrected chi connectivity index (χ1v) is 14.8. The van der Waals surface area contributed by atoms with Gasteiger partial charge in [0.25, 0.3) is 0 Å². The molecule has 0 radical (unpaired) electrons. The van der Waals surface area contributed by atoms with E-state index < -0.39 is 11.6 Å². The first kappa shape index (κ1) is 29.1. The fourth-order valence-corrected chi connectivity index (χ4v) is 5.39. The minimum atomic E-state index is -0.725. The maximum Gasteiger partial charge on any atom is 0.166 e. The molecule has 1 unspecified atom stereocenters. The van der Waals surface area contributed by atoms with E-state index in [0.29, 0.717) is 29.0 Å². The van der Waals surface area contributed by atoms with E-state index in [-0.39, 0.29) is 0 Å². The van der Waals surface area contributed by atoms with Gasteiger partial charge in [0.15, 0.2) is 11.6 Å². The van der Waals surface area contributed by atoms with Crippen molar-refractivity contribution in [3.8, 4) is 22.3 Å². The lowest BCUT2D eigenvalue weighted by Crippen LogP contribution is -2.04. The molecule has 0 saturated carbocycles.